The standard InChI is InChI=1S/C8H20N3/c1-8(2)7-11-6-5-10-4-3-9/h8,10-11H,1,3-7,9H2,2H3. The molecule has 4 N–H and O–H groups in total. The van der Waals surface area contributed by atoms with Crippen molar-refractivity contribution in [1.82, 2.24) is 10.6 Å². The van der Waals surface area contributed by atoms with E-state index in [4.69, 9.17) is 5.73 Å². The van der Waals surface area contributed by atoms with Gasteiger partial charge in [-0.2, -0.15) is 0 Å². The Balaban J connectivity index is 2.80. The molecular formula is C8H20N3. The summed E-state index contributed by atoms with van der Waals surface area (Å²) >= 11 is 0. The van der Waals surface area contributed by atoms with Gasteiger partial charge in [0.25, 0.3) is 0 Å². The summed E-state index contributed by atoms with van der Waals surface area (Å²) < 4.78 is 0. The van der Waals surface area contributed by atoms with Gasteiger partial charge in [0.15, 0.2) is 0 Å². The fourth-order valence-corrected chi connectivity index (χ4v) is 0.752. The van der Waals surface area contributed by atoms with E-state index in [2.05, 4.69) is 24.5 Å². The van der Waals surface area contributed by atoms with E-state index in [0.29, 0.717) is 12.5 Å². The Hall–Kier alpha value is -0.120. The molecule has 0 aliphatic rings. The molecule has 0 aliphatic carbocycles. The highest BCUT2D eigenvalue weighted by molar-refractivity contribution is 4.58. The lowest BCUT2D eigenvalue weighted by Gasteiger charge is -2.07. The van der Waals surface area contributed by atoms with Crippen LogP contribution in [0.1, 0.15) is 6.92 Å². The van der Waals surface area contributed by atoms with Crippen LogP contribution >= 0.6 is 0 Å². The van der Waals surface area contributed by atoms with Gasteiger partial charge in [-0.15, -0.1) is 0 Å². The Morgan fingerprint density at radius 1 is 1.27 bits per heavy atom. The number of hydrogen-bond acceptors (Lipinski definition) is 3. The second-order valence-corrected chi connectivity index (χ2v) is 2.85. The number of nitrogens with one attached hydrogen (secondary N) is 2. The minimum atomic E-state index is 0.490. The summed E-state index contributed by atoms with van der Waals surface area (Å²) in [5, 5.41) is 6.48. The molecule has 0 fully saturated rings. The molecule has 1 unspecified atom stereocenters. The van der Waals surface area contributed by atoms with E-state index in [-0.39, 0.29) is 0 Å². The van der Waals surface area contributed by atoms with Crippen LogP contribution in [0.3, 0.4) is 0 Å². The van der Waals surface area contributed by atoms with Crippen LogP contribution in [0, 0.1) is 12.8 Å². The van der Waals surface area contributed by atoms with Gasteiger partial charge in [0.1, 0.15) is 0 Å². The van der Waals surface area contributed by atoms with Crippen molar-refractivity contribution in [2.45, 2.75) is 6.92 Å². The summed E-state index contributed by atoms with van der Waals surface area (Å²) in [4.78, 5) is 0. The lowest BCUT2D eigenvalue weighted by atomic mass is 10.2. The van der Waals surface area contributed by atoms with Crippen LogP contribution in [0.2, 0.25) is 0 Å². The van der Waals surface area contributed by atoms with Crippen molar-refractivity contribution in [2.75, 3.05) is 32.7 Å². The molecule has 3 nitrogen and oxygen atoms in total. The largest absolute Gasteiger partial charge is 0.329 e. The van der Waals surface area contributed by atoms with E-state index < -0.39 is 0 Å². The first kappa shape index (κ1) is 10.9. The Bertz CT molecular complexity index is 73.7. The molecule has 0 bridgehead atoms. The molecule has 0 saturated carbocycles. The average Bonchev–Trinajstić information content (AvgIpc) is 1.96. The number of nitrogens with two attached hydrogens (primary N) is 1. The third-order valence-corrected chi connectivity index (χ3v) is 1.29. The second kappa shape index (κ2) is 7.98. The first-order valence-electron chi connectivity index (χ1n) is 4.22. The maximum Gasteiger partial charge on any atom is 0.00772 e. The van der Waals surface area contributed by atoms with Gasteiger partial charge in [-0.3, -0.25) is 0 Å². The smallest absolute Gasteiger partial charge is 0.00772 e. The van der Waals surface area contributed by atoms with Crippen molar-refractivity contribution in [3.05, 3.63) is 6.92 Å². The molecule has 0 aromatic heterocycles. The molecule has 11 heavy (non-hydrogen) atoms. The summed E-state index contributed by atoms with van der Waals surface area (Å²) in [5.74, 6) is 0.490. The first-order chi connectivity index (χ1) is 5.27. The average molecular weight is 158 g/mol. The van der Waals surface area contributed by atoms with Crippen LogP contribution in [-0.2, 0) is 0 Å². The van der Waals surface area contributed by atoms with Crippen molar-refractivity contribution < 1.29 is 0 Å². The second-order valence-electron chi connectivity index (χ2n) is 2.85. The molecule has 67 valence electrons. The zero-order valence-electron chi connectivity index (χ0n) is 7.40. The minimum Gasteiger partial charge on any atom is -0.329 e. The van der Waals surface area contributed by atoms with Crippen molar-refractivity contribution in [3.63, 3.8) is 0 Å². The minimum absolute atomic E-state index is 0.490. The van der Waals surface area contributed by atoms with Gasteiger partial charge < -0.3 is 16.4 Å². The highest BCUT2D eigenvalue weighted by Crippen LogP contribution is 1.84. The highest BCUT2D eigenvalue weighted by atomic mass is 14.9. The van der Waals surface area contributed by atoms with Gasteiger partial charge in [-0.25, -0.2) is 0 Å². The summed E-state index contributed by atoms with van der Waals surface area (Å²) in [6.45, 7) is 10.6. The third-order valence-electron chi connectivity index (χ3n) is 1.29. The van der Waals surface area contributed by atoms with Gasteiger partial charge in [-0.1, -0.05) is 6.92 Å². The number of hydrogen-bond donors (Lipinski definition) is 3. The molecule has 1 atom stereocenters. The Morgan fingerprint density at radius 3 is 2.45 bits per heavy atom. The molecule has 1 radical (unpaired) electrons. The molecular weight excluding hydrogens is 138 g/mol. The zero-order chi connectivity index (χ0) is 8.53. The molecule has 0 aliphatic heterocycles. The zero-order valence-corrected chi connectivity index (χ0v) is 7.40. The van der Waals surface area contributed by atoms with Gasteiger partial charge in [0.2, 0.25) is 0 Å². The summed E-state index contributed by atoms with van der Waals surface area (Å²) in [6, 6.07) is 0. The molecule has 0 aromatic rings. The molecule has 3 heteroatoms. The predicted octanol–water partition coefficient (Wildman–Crippen LogP) is -0.406. The van der Waals surface area contributed by atoms with Crippen molar-refractivity contribution in [3.8, 4) is 0 Å². The Labute approximate surface area is 69.7 Å². The molecule has 0 heterocycles. The lowest BCUT2D eigenvalue weighted by molar-refractivity contribution is 0.565. The van der Waals surface area contributed by atoms with E-state index >= 15 is 0 Å². The lowest BCUT2D eigenvalue weighted by Crippen LogP contribution is -2.32. The van der Waals surface area contributed by atoms with E-state index in [1.54, 1.807) is 0 Å². The van der Waals surface area contributed by atoms with Crippen LogP contribution < -0.4 is 16.4 Å². The van der Waals surface area contributed by atoms with Crippen LogP contribution in [0.5, 0.6) is 0 Å². The van der Waals surface area contributed by atoms with Crippen LogP contribution in [0.15, 0.2) is 0 Å². The normalized spacial score (nSPS) is 10.9. The van der Waals surface area contributed by atoms with Gasteiger partial charge >= 0.3 is 0 Å². The van der Waals surface area contributed by atoms with E-state index in [1.165, 1.54) is 0 Å². The monoisotopic (exact) mass is 158 g/mol. The molecule has 0 rings (SSSR count). The first-order valence-corrected chi connectivity index (χ1v) is 4.22. The van der Waals surface area contributed by atoms with E-state index in [9.17, 15) is 0 Å². The van der Waals surface area contributed by atoms with Crippen LogP contribution in [0.4, 0.5) is 0 Å². The third kappa shape index (κ3) is 9.88. The van der Waals surface area contributed by atoms with Gasteiger partial charge in [0, 0.05) is 26.2 Å². The van der Waals surface area contributed by atoms with Crippen molar-refractivity contribution in [1.29, 1.82) is 0 Å². The van der Waals surface area contributed by atoms with Crippen LogP contribution in [0.25, 0.3) is 0 Å². The van der Waals surface area contributed by atoms with Crippen molar-refractivity contribution >= 4 is 0 Å². The van der Waals surface area contributed by atoms with E-state index in [1.807, 2.05) is 0 Å². The Kier molecular flexibility index (Phi) is 7.89. The summed E-state index contributed by atoms with van der Waals surface area (Å²) in [5.41, 5.74) is 5.30. The van der Waals surface area contributed by atoms with Crippen LogP contribution in [-0.4, -0.2) is 32.7 Å². The van der Waals surface area contributed by atoms with Crippen molar-refractivity contribution in [2.24, 2.45) is 11.7 Å². The molecule has 0 saturated heterocycles. The fraction of sp³-hybridized carbons (Fsp3) is 0.875. The maximum atomic E-state index is 5.30. The van der Waals surface area contributed by atoms with Gasteiger partial charge in [0.05, 0.1) is 0 Å². The molecule has 0 aromatic carbocycles. The predicted molar refractivity (Wildman–Crippen MR) is 49.3 cm³/mol. The quantitative estimate of drug-likeness (QED) is 0.442. The summed E-state index contributed by atoms with van der Waals surface area (Å²) in [7, 11) is 0. The van der Waals surface area contributed by atoms with Gasteiger partial charge in [-0.05, 0) is 19.4 Å². The fourth-order valence-electron chi connectivity index (χ4n) is 0.752. The highest BCUT2D eigenvalue weighted by Gasteiger charge is 1.91. The molecule has 0 spiro atoms. The Morgan fingerprint density at radius 2 is 1.91 bits per heavy atom. The summed E-state index contributed by atoms with van der Waals surface area (Å²) in [6.07, 6.45) is 0. The SMILES string of the molecule is [CH2]C(C)CNCCNCCN. The maximum absolute atomic E-state index is 5.30. The number of rotatable bonds is 7. The molecule has 0 amide bonds. The van der Waals surface area contributed by atoms with E-state index in [0.717, 1.165) is 26.2 Å². The topological polar surface area (TPSA) is 50.1 Å².